The van der Waals surface area contributed by atoms with Gasteiger partial charge in [-0.2, -0.15) is 5.10 Å². The smallest absolute Gasteiger partial charge is 0.0790 e. The molecule has 0 atom stereocenters. The van der Waals surface area contributed by atoms with Crippen molar-refractivity contribution in [3.63, 3.8) is 0 Å². The van der Waals surface area contributed by atoms with Crippen LogP contribution in [0.3, 0.4) is 0 Å². The lowest BCUT2D eigenvalue weighted by molar-refractivity contribution is 0.199. The van der Waals surface area contributed by atoms with E-state index in [1.807, 2.05) is 18.2 Å². The van der Waals surface area contributed by atoms with Crippen LogP contribution < -0.4 is 5.32 Å². The van der Waals surface area contributed by atoms with E-state index in [1.54, 1.807) is 24.2 Å². The number of aromatic nitrogens is 2. The average molecular weight is 300 g/mol. The molecule has 0 amide bonds. The lowest BCUT2D eigenvalue weighted by Gasteiger charge is -2.08. The van der Waals surface area contributed by atoms with Crippen LogP contribution in [0.25, 0.3) is 5.69 Å². The quantitative estimate of drug-likeness (QED) is 0.834. The lowest BCUT2D eigenvalue weighted by atomic mass is 10.2. The number of nitrogens with one attached hydrogen (secondary N) is 1. The molecule has 4 nitrogen and oxygen atoms in total. The second-order valence-electron chi connectivity index (χ2n) is 4.05. The van der Waals surface area contributed by atoms with Gasteiger partial charge in [0.1, 0.15) is 0 Å². The van der Waals surface area contributed by atoms with Crippen molar-refractivity contribution < 1.29 is 4.74 Å². The third-order valence-corrected chi connectivity index (χ3v) is 3.20. The third-order valence-electron chi connectivity index (χ3n) is 2.65. The molecule has 0 aliphatic rings. The van der Waals surface area contributed by atoms with E-state index in [-0.39, 0.29) is 0 Å². The van der Waals surface area contributed by atoms with Gasteiger partial charge in [0.15, 0.2) is 0 Å². The molecule has 0 bridgehead atoms. The van der Waals surface area contributed by atoms with Gasteiger partial charge in [0.2, 0.25) is 0 Å². The monoisotopic (exact) mass is 299 g/mol. The third kappa shape index (κ3) is 3.94. The topological polar surface area (TPSA) is 39.1 Å². The normalized spacial score (nSPS) is 10.9. The molecule has 0 radical (unpaired) electrons. The predicted octanol–water partition coefficient (Wildman–Crippen LogP) is 2.92. The largest absolute Gasteiger partial charge is 0.383 e. The first-order chi connectivity index (χ1) is 9.20. The van der Waals surface area contributed by atoms with E-state index in [0.717, 1.165) is 17.8 Å². The standard InChI is InChI=1S/C13H15Cl2N3O/c1-19-5-4-16-7-10-2-3-12(6-13(10)15)18-9-11(14)8-17-18/h2-3,6,8-9,16H,4-5,7H2,1H3. The van der Waals surface area contributed by atoms with Gasteiger partial charge >= 0.3 is 0 Å². The Bertz CT molecular complexity index is 542. The lowest BCUT2D eigenvalue weighted by Crippen LogP contribution is -2.18. The van der Waals surface area contributed by atoms with E-state index in [9.17, 15) is 0 Å². The van der Waals surface area contributed by atoms with E-state index in [4.69, 9.17) is 27.9 Å². The van der Waals surface area contributed by atoms with E-state index >= 15 is 0 Å². The predicted molar refractivity (Wildman–Crippen MR) is 77.2 cm³/mol. The van der Waals surface area contributed by atoms with Gasteiger partial charge < -0.3 is 10.1 Å². The van der Waals surface area contributed by atoms with Crippen LogP contribution >= 0.6 is 23.2 Å². The molecule has 0 fully saturated rings. The highest BCUT2D eigenvalue weighted by atomic mass is 35.5. The Morgan fingerprint density at radius 3 is 2.84 bits per heavy atom. The summed E-state index contributed by atoms with van der Waals surface area (Å²) in [6.07, 6.45) is 3.33. The molecule has 1 heterocycles. The molecule has 2 aromatic rings. The van der Waals surface area contributed by atoms with Crippen molar-refractivity contribution in [1.29, 1.82) is 0 Å². The van der Waals surface area contributed by atoms with Crippen LogP contribution in [0.2, 0.25) is 10.0 Å². The van der Waals surface area contributed by atoms with Crippen molar-refractivity contribution >= 4 is 23.2 Å². The highest BCUT2D eigenvalue weighted by molar-refractivity contribution is 6.31. The fourth-order valence-electron chi connectivity index (χ4n) is 1.66. The van der Waals surface area contributed by atoms with Crippen molar-refractivity contribution in [2.45, 2.75) is 6.54 Å². The molecule has 0 saturated carbocycles. The average Bonchev–Trinajstić information content (AvgIpc) is 2.83. The van der Waals surface area contributed by atoms with Gasteiger partial charge in [-0.25, -0.2) is 4.68 Å². The van der Waals surface area contributed by atoms with E-state index in [0.29, 0.717) is 23.2 Å². The van der Waals surface area contributed by atoms with Gasteiger partial charge in [-0.1, -0.05) is 29.3 Å². The Morgan fingerprint density at radius 2 is 2.21 bits per heavy atom. The summed E-state index contributed by atoms with van der Waals surface area (Å²) in [6.45, 7) is 2.19. The number of nitrogens with zero attached hydrogens (tertiary/aromatic N) is 2. The van der Waals surface area contributed by atoms with Crippen molar-refractivity contribution in [2.24, 2.45) is 0 Å². The minimum atomic E-state index is 0.599. The number of rotatable bonds is 6. The molecule has 0 saturated heterocycles. The Hall–Kier alpha value is -1.07. The molecule has 0 spiro atoms. The van der Waals surface area contributed by atoms with Gasteiger partial charge in [0, 0.05) is 31.4 Å². The van der Waals surface area contributed by atoms with Gasteiger partial charge in [0.05, 0.1) is 23.5 Å². The van der Waals surface area contributed by atoms with Crippen LogP contribution in [0.15, 0.2) is 30.6 Å². The number of hydrogen-bond acceptors (Lipinski definition) is 3. The molecule has 1 N–H and O–H groups in total. The Kier molecular flexibility index (Phi) is 5.22. The highest BCUT2D eigenvalue weighted by Crippen LogP contribution is 2.20. The maximum atomic E-state index is 6.25. The van der Waals surface area contributed by atoms with Gasteiger partial charge in [-0.05, 0) is 17.7 Å². The minimum absolute atomic E-state index is 0.599. The Labute approximate surface area is 122 Å². The maximum absolute atomic E-state index is 6.25. The van der Waals surface area contributed by atoms with E-state index in [1.165, 1.54) is 0 Å². The first-order valence-electron chi connectivity index (χ1n) is 5.89. The molecule has 0 unspecified atom stereocenters. The summed E-state index contributed by atoms with van der Waals surface area (Å²) in [7, 11) is 1.68. The fraction of sp³-hybridized carbons (Fsp3) is 0.308. The molecular formula is C13H15Cl2N3O. The molecule has 2 rings (SSSR count). The zero-order valence-corrected chi connectivity index (χ0v) is 12.1. The second kappa shape index (κ2) is 6.91. The molecule has 19 heavy (non-hydrogen) atoms. The summed E-state index contributed by atoms with van der Waals surface area (Å²) in [6, 6.07) is 5.81. The summed E-state index contributed by atoms with van der Waals surface area (Å²) < 4.78 is 6.66. The van der Waals surface area contributed by atoms with E-state index in [2.05, 4.69) is 10.4 Å². The van der Waals surface area contributed by atoms with Crippen molar-refractivity contribution in [2.75, 3.05) is 20.3 Å². The minimum Gasteiger partial charge on any atom is -0.383 e. The first kappa shape index (κ1) is 14.3. The SMILES string of the molecule is COCCNCc1ccc(-n2cc(Cl)cn2)cc1Cl. The van der Waals surface area contributed by atoms with Crippen molar-refractivity contribution in [3.05, 3.63) is 46.2 Å². The first-order valence-corrected chi connectivity index (χ1v) is 6.65. The van der Waals surface area contributed by atoms with Crippen LogP contribution in [0.5, 0.6) is 0 Å². The van der Waals surface area contributed by atoms with Crippen molar-refractivity contribution in [3.8, 4) is 5.69 Å². The number of hydrogen-bond donors (Lipinski definition) is 1. The summed E-state index contributed by atoms with van der Waals surface area (Å²) in [4.78, 5) is 0. The van der Waals surface area contributed by atoms with Crippen molar-refractivity contribution in [1.82, 2.24) is 15.1 Å². The zero-order valence-electron chi connectivity index (χ0n) is 10.6. The summed E-state index contributed by atoms with van der Waals surface area (Å²) in [5.74, 6) is 0. The Morgan fingerprint density at radius 1 is 1.37 bits per heavy atom. The second-order valence-corrected chi connectivity index (χ2v) is 4.89. The summed E-state index contributed by atoms with van der Waals surface area (Å²) in [5, 5.41) is 8.69. The Balaban J connectivity index is 2.04. The maximum Gasteiger partial charge on any atom is 0.0790 e. The molecule has 6 heteroatoms. The zero-order chi connectivity index (χ0) is 13.7. The molecule has 102 valence electrons. The van der Waals surface area contributed by atoms with Crippen LogP contribution in [0.4, 0.5) is 0 Å². The van der Waals surface area contributed by atoms with Gasteiger partial charge in [0.25, 0.3) is 0 Å². The van der Waals surface area contributed by atoms with Gasteiger partial charge in [-0.15, -0.1) is 0 Å². The van der Waals surface area contributed by atoms with Crippen LogP contribution in [0.1, 0.15) is 5.56 Å². The van der Waals surface area contributed by atoms with Crippen LogP contribution in [-0.4, -0.2) is 30.0 Å². The van der Waals surface area contributed by atoms with Gasteiger partial charge in [-0.3, -0.25) is 0 Å². The highest BCUT2D eigenvalue weighted by Gasteiger charge is 2.04. The van der Waals surface area contributed by atoms with Crippen LogP contribution in [0, 0.1) is 0 Å². The number of methoxy groups -OCH3 is 1. The molecular weight excluding hydrogens is 285 g/mol. The molecule has 0 aliphatic carbocycles. The number of halogens is 2. The summed E-state index contributed by atoms with van der Waals surface area (Å²) >= 11 is 12.1. The number of ether oxygens (including phenoxy) is 1. The van der Waals surface area contributed by atoms with Crippen LogP contribution in [-0.2, 0) is 11.3 Å². The summed E-state index contributed by atoms with van der Waals surface area (Å²) in [5.41, 5.74) is 1.93. The molecule has 1 aromatic carbocycles. The molecule has 0 aliphatic heterocycles. The number of benzene rings is 1. The molecule has 1 aromatic heterocycles. The fourth-order valence-corrected chi connectivity index (χ4v) is 2.04. The van der Waals surface area contributed by atoms with E-state index < -0.39 is 0 Å².